The highest BCUT2D eigenvalue weighted by Crippen LogP contribution is 2.19. The third-order valence-electron chi connectivity index (χ3n) is 2.35. The Labute approximate surface area is 95.2 Å². The van der Waals surface area contributed by atoms with Gasteiger partial charge >= 0.3 is 0 Å². The summed E-state index contributed by atoms with van der Waals surface area (Å²) in [5.74, 6) is 0.873. The largest absolute Gasteiger partial charge is 0.489 e. The van der Waals surface area contributed by atoms with Crippen molar-refractivity contribution in [3.8, 4) is 5.75 Å². The van der Waals surface area contributed by atoms with Gasteiger partial charge in [0.1, 0.15) is 12.4 Å². The summed E-state index contributed by atoms with van der Waals surface area (Å²) >= 11 is 0. The van der Waals surface area contributed by atoms with Gasteiger partial charge in [0.25, 0.3) is 0 Å². The fraction of sp³-hybridized carbons (Fsp3) is 0.143. The Morgan fingerprint density at radius 1 is 1.44 bits per heavy atom. The summed E-state index contributed by atoms with van der Waals surface area (Å²) in [6.07, 6.45) is 5.84. The van der Waals surface area contributed by atoms with Gasteiger partial charge in [0, 0.05) is 17.1 Å². The van der Waals surface area contributed by atoms with Crippen molar-refractivity contribution in [2.24, 2.45) is 0 Å². The maximum atomic E-state index is 5.63. The molecule has 0 aliphatic heterocycles. The summed E-state index contributed by atoms with van der Waals surface area (Å²) in [6.45, 7) is 6.39. The Morgan fingerprint density at radius 3 is 3.12 bits per heavy atom. The maximum absolute atomic E-state index is 5.63. The molecule has 0 bridgehead atoms. The number of aromatic nitrogens is 1. The molecular weight excluding hydrogens is 198 g/mol. The third kappa shape index (κ3) is 2.34. The molecule has 0 radical (unpaired) electrons. The molecule has 0 fully saturated rings. The minimum atomic E-state index is 0.528. The fourth-order valence-electron chi connectivity index (χ4n) is 1.58. The van der Waals surface area contributed by atoms with Gasteiger partial charge in [-0.3, -0.25) is 0 Å². The molecule has 1 aromatic carbocycles. The van der Waals surface area contributed by atoms with Crippen molar-refractivity contribution < 1.29 is 4.74 Å². The molecule has 0 aliphatic carbocycles. The fourth-order valence-corrected chi connectivity index (χ4v) is 1.58. The summed E-state index contributed by atoms with van der Waals surface area (Å²) in [6, 6.07) is 8.03. The molecule has 2 heteroatoms. The van der Waals surface area contributed by atoms with Crippen LogP contribution in [0.1, 0.15) is 6.92 Å². The van der Waals surface area contributed by atoms with Gasteiger partial charge in [0.15, 0.2) is 0 Å². The van der Waals surface area contributed by atoms with Crippen molar-refractivity contribution in [2.75, 3.05) is 6.61 Å². The maximum Gasteiger partial charge on any atom is 0.120 e. The summed E-state index contributed by atoms with van der Waals surface area (Å²) < 4.78 is 5.63. The smallest absolute Gasteiger partial charge is 0.120 e. The molecule has 82 valence electrons. The number of hydrogen-bond acceptors (Lipinski definition) is 1. The van der Waals surface area contributed by atoms with Gasteiger partial charge in [-0.25, -0.2) is 0 Å². The lowest BCUT2D eigenvalue weighted by molar-refractivity contribution is 0.356. The van der Waals surface area contributed by atoms with Crippen molar-refractivity contribution in [1.29, 1.82) is 0 Å². The second kappa shape index (κ2) is 4.71. The molecule has 0 aliphatic rings. The molecule has 1 heterocycles. The Bertz CT molecular complexity index is 522. The van der Waals surface area contributed by atoms with E-state index in [1.165, 1.54) is 0 Å². The first-order chi connectivity index (χ1) is 7.79. The van der Waals surface area contributed by atoms with E-state index < -0.39 is 0 Å². The van der Waals surface area contributed by atoms with Crippen LogP contribution in [-0.4, -0.2) is 11.6 Å². The molecular formula is C14H15NO. The zero-order valence-corrected chi connectivity index (χ0v) is 9.36. The van der Waals surface area contributed by atoms with Crippen LogP contribution in [0.3, 0.4) is 0 Å². The topological polar surface area (TPSA) is 25.0 Å². The Balaban J connectivity index is 2.06. The van der Waals surface area contributed by atoms with Gasteiger partial charge in [-0.05, 0) is 36.8 Å². The van der Waals surface area contributed by atoms with Crippen LogP contribution in [0.4, 0.5) is 0 Å². The summed E-state index contributed by atoms with van der Waals surface area (Å²) in [4.78, 5) is 3.15. The van der Waals surface area contributed by atoms with E-state index >= 15 is 0 Å². The van der Waals surface area contributed by atoms with E-state index in [2.05, 4.69) is 11.6 Å². The van der Waals surface area contributed by atoms with E-state index in [-0.39, 0.29) is 0 Å². The van der Waals surface area contributed by atoms with Crippen molar-refractivity contribution in [3.05, 3.63) is 54.8 Å². The normalized spacial score (nSPS) is 11.1. The second-order valence-corrected chi connectivity index (χ2v) is 3.67. The summed E-state index contributed by atoms with van der Waals surface area (Å²) in [5, 5.41) is 1.16. The number of nitrogens with one attached hydrogen (secondary N) is 1. The van der Waals surface area contributed by atoms with Crippen LogP contribution in [0.5, 0.6) is 5.75 Å². The number of aromatic amines is 1. The van der Waals surface area contributed by atoms with Crippen molar-refractivity contribution >= 4 is 10.9 Å². The minimum Gasteiger partial charge on any atom is -0.489 e. The number of allylic oxidation sites excluding steroid dienone is 1. The van der Waals surface area contributed by atoms with Crippen LogP contribution in [0, 0.1) is 0 Å². The van der Waals surface area contributed by atoms with Crippen molar-refractivity contribution in [3.63, 3.8) is 0 Å². The number of fused-ring (bicyclic) bond motifs is 1. The molecule has 0 amide bonds. The quantitative estimate of drug-likeness (QED) is 0.770. The van der Waals surface area contributed by atoms with E-state index in [9.17, 15) is 0 Å². The lowest BCUT2D eigenvalue weighted by atomic mass is 10.2. The number of hydrogen-bond donors (Lipinski definition) is 1. The molecule has 2 nitrogen and oxygen atoms in total. The van der Waals surface area contributed by atoms with Crippen molar-refractivity contribution in [1.82, 2.24) is 4.98 Å². The number of benzene rings is 1. The number of rotatable bonds is 4. The Morgan fingerprint density at radius 2 is 2.31 bits per heavy atom. The Kier molecular flexibility index (Phi) is 3.10. The minimum absolute atomic E-state index is 0.528. The first kappa shape index (κ1) is 10.6. The number of ether oxygens (including phenoxy) is 1. The monoisotopic (exact) mass is 213 g/mol. The summed E-state index contributed by atoms with van der Waals surface area (Å²) in [5.41, 5.74) is 2.09. The van der Waals surface area contributed by atoms with Crippen LogP contribution >= 0.6 is 0 Å². The van der Waals surface area contributed by atoms with E-state index in [1.54, 1.807) is 0 Å². The first-order valence-corrected chi connectivity index (χ1v) is 5.30. The lowest BCUT2D eigenvalue weighted by Crippen LogP contribution is -1.98. The van der Waals surface area contributed by atoms with Crippen LogP contribution in [-0.2, 0) is 0 Å². The van der Waals surface area contributed by atoms with Gasteiger partial charge in [-0.2, -0.15) is 0 Å². The molecule has 2 rings (SSSR count). The van der Waals surface area contributed by atoms with Gasteiger partial charge in [-0.15, -0.1) is 0 Å². The van der Waals surface area contributed by atoms with E-state index in [0.29, 0.717) is 6.61 Å². The molecule has 0 unspecified atom stereocenters. The standard InChI is InChI=1S/C14H15NO/c1-3-4-11(2)10-16-13-5-6-14-12(9-13)7-8-15-14/h3-9,15H,2,10H2,1H3/b4-3-. The van der Waals surface area contributed by atoms with E-state index in [1.807, 2.05) is 49.5 Å². The molecule has 16 heavy (non-hydrogen) atoms. The predicted octanol–water partition coefficient (Wildman–Crippen LogP) is 3.68. The Hall–Kier alpha value is -1.96. The molecule has 0 atom stereocenters. The molecule has 2 aromatic rings. The third-order valence-corrected chi connectivity index (χ3v) is 2.35. The highest BCUT2D eigenvalue weighted by Gasteiger charge is 1.98. The highest BCUT2D eigenvalue weighted by atomic mass is 16.5. The SMILES string of the molecule is C=C(/C=C\C)COc1ccc2[nH]ccc2c1. The summed E-state index contributed by atoms with van der Waals surface area (Å²) in [7, 11) is 0. The van der Waals surface area contributed by atoms with E-state index in [4.69, 9.17) is 4.74 Å². The van der Waals surface area contributed by atoms with Crippen LogP contribution in [0.2, 0.25) is 0 Å². The lowest BCUT2D eigenvalue weighted by Gasteiger charge is -2.05. The second-order valence-electron chi connectivity index (χ2n) is 3.67. The zero-order chi connectivity index (χ0) is 11.4. The van der Waals surface area contributed by atoms with Gasteiger partial charge in [0.2, 0.25) is 0 Å². The van der Waals surface area contributed by atoms with Crippen LogP contribution in [0.15, 0.2) is 54.8 Å². The van der Waals surface area contributed by atoms with Crippen LogP contribution < -0.4 is 4.74 Å². The number of H-pyrrole nitrogens is 1. The van der Waals surface area contributed by atoms with Gasteiger partial charge in [0.05, 0.1) is 0 Å². The van der Waals surface area contributed by atoms with Crippen LogP contribution in [0.25, 0.3) is 10.9 Å². The van der Waals surface area contributed by atoms with Gasteiger partial charge in [-0.1, -0.05) is 18.7 Å². The zero-order valence-electron chi connectivity index (χ0n) is 9.36. The predicted molar refractivity (Wildman–Crippen MR) is 67.7 cm³/mol. The molecule has 0 spiro atoms. The molecule has 0 saturated carbocycles. The first-order valence-electron chi connectivity index (χ1n) is 5.30. The molecule has 1 N–H and O–H groups in total. The van der Waals surface area contributed by atoms with Gasteiger partial charge < -0.3 is 9.72 Å². The highest BCUT2D eigenvalue weighted by molar-refractivity contribution is 5.80. The molecule has 0 saturated heterocycles. The molecule has 1 aromatic heterocycles. The van der Waals surface area contributed by atoms with Crippen molar-refractivity contribution in [2.45, 2.75) is 6.92 Å². The van der Waals surface area contributed by atoms with E-state index in [0.717, 1.165) is 22.2 Å². The average Bonchev–Trinajstić information content (AvgIpc) is 2.74. The average molecular weight is 213 g/mol.